The topological polar surface area (TPSA) is 78.8 Å². The van der Waals surface area contributed by atoms with Crippen LogP contribution < -0.4 is 5.43 Å². The van der Waals surface area contributed by atoms with Crippen LogP contribution in [0.2, 0.25) is 0 Å². The number of hydrazone groups is 1. The van der Waals surface area contributed by atoms with Gasteiger partial charge in [0.1, 0.15) is 5.52 Å². The second-order valence-electron chi connectivity index (χ2n) is 7.03. The molecule has 2 aromatic heterocycles. The fraction of sp³-hybridized carbons (Fsp3) is 0.368. The lowest BCUT2D eigenvalue weighted by molar-refractivity contribution is 0.438. The molecule has 2 N–H and O–H groups in total. The molecule has 0 saturated heterocycles. The van der Waals surface area contributed by atoms with Gasteiger partial charge in [-0.15, -0.1) is 10.2 Å². The van der Waals surface area contributed by atoms with Crippen LogP contribution in [-0.2, 0) is 0 Å². The number of rotatable bonds is 3. The van der Waals surface area contributed by atoms with Gasteiger partial charge in [0.05, 0.1) is 0 Å². The highest BCUT2D eigenvalue weighted by Crippen LogP contribution is 2.28. The number of aromatic nitrogens is 4. The predicted molar refractivity (Wildman–Crippen MR) is 102 cm³/mol. The van der Waals surface area contributed by atoms with Gasteiger partial charge in [0.25, 0.3) is 5.95 Å². The first-order valence-corrected chi connectivity index (χ1v) is 8.68. The van der Waals surface area contributed by atoms with Gasteiger partial charge in [-0.2, -0.15) is 10.1 Å². The first-order valence-electron chi connectivity index (χ1n) is 8.68. The Kier molecular flexibility index (Phi) is 3.95. The molecule has 3 aromatic rings. The SMILES string of the molecule is CC1=CC[C@@H](/C=N\Nc2nnc3c(n2)[nH]c2ccc(C)cc23)[C@@H](C)C1. The van der Waals surface area contributed by atoms with E-state index in [0.29, 0.717) is 17.8 Å². The van der Waals surface area contributed by atoms with Crippen molar-refractivity contribution in [3.8, 4) is 0 Å². The second-order valence-corrected chi connectivity index (χ2v) is 7.03. The molecule has 1 aliphatic carbocycles. The summed E-state index contributed by atoms with van der Waals surface area (Å²) in [5.41, 5.74) is 8.10. The van der Waals surface area contributed by atoms with Gasteiger partial charge in [-0.05, 0) is 44.7 Å². The van der Waals surface area contributed by atoms with Gasteiger partial charge < -0.3 is 4.98 Å². The van der Waals surface area contributed by atoms with E-state index < -0.39 is 0 Å². The van der Waals surface area contributed by atoms with Crippen molar-refractivity contribution >= 4 is 34.2 Å². The number of aromatic amines is 1. The molecule has 0 saturated carbocycles. The molecule has 0 fully saturated rings. The summed E-state index contributed by atoms with van der Waals surface area (Å²) in [6.45, 7) is 6.52. The van der Waals surface area contributed by atoms with E-state index in [1.165, 1.54) is 11.1 Å². The number of allylic oxidation sites excluding steroid dienone is 2. The number of anilines is 1. The zero-order valence-corrected chi connectivity index (χ0v) is 14.7. The quantitative estimate of drug-likeness (QED) is 0.427. The average molecular weight is 334 g/mol. The molecule has 2 heterocycles. The zero-order valence-electron chi connectivity index (χ0n) is 14.7. The Morgan fingerprint density at radius 2 is 2.16 bits per heavy atom. The van der Waals surface area contributed by atoms with Gasteiger partial charge in [-0.1, -0.05) is 30.2 Å². The molecule has 1 aliphatic rings. The highest BCUT2D eigenvalue weighted by atomic mass is 15.4. The van der Waals surface area contributed by atoms with Crippen molar-refractivity contribution in [2.24, 2.45) is 16.9 Å². The summed E-state index contributed by atoms with van der Waals surface area (Å²) in [5.74, 6) is 1.46. The van der Waals surface area contributed by atoms with Gasteiger partial charge in [-0.3, -0.25) is 0 Å². The van der Waals surface area contributed by atoms with Gasteiger partial charge in [0, 0.05) is 23.0 Å². The van der Waals surface area contributed by atoms with Crippen molar-refractivity contribution in [3.05, 3.63) is 35.4 Å². The summed E-state index contributed by atoms with van der Waals surface area (Å²) in [5, 5.41) is 13.8. The Bertz CT molecular complexity index is 984. The van der Waals surface area contributed by atoms with E-state index in [-0.39, 0.29) is 0 Å². The number of hydrogen-bond acceptors (Lipinski definition) is 5. The van der Waals surface area contributed by atoms with Gasteiger partial charge in [0.2, 0.25) is 0 Å². The molecule has 128 valence electrons. The van der Waals surface area contributed by atoms with E-state index in [1.54, 1.807) is 0 Å². The molecule has 0 bridgehead atoms. The molecule has 0 spiro atoms. The molecule has 6 nitrogen and oxygen atoms in total. The number of nitrogens with zero attached hydrogens (tertiary/aromatic N) is 4. The van der Waals surface area contributed by atoms with E-state index in [1.807, 2.05) is 12.3 Å². The molecule has 1 aromatic carbocycles. The van der Waals surface area contributed by atoms with Crippen LogP contribution in [0.25, 0.3) is 22.1 Å². The highest BCUT2D eigenvalue weighted by molar-refractivity contribution is 6.03. The van der Waals surface area contributed by atoms with Crippen molar-refractivity contribution in [1.29, 1.82) is 0 Å². The molecule has 25 heavy (non-hydrogen) atoms. The first-order chi connectivity index (χ1) is 12.1. The van der Waals surface area contributed by atoms with Crippen molar-refractivity contribution in [1.82, 2.24) is 20.2 Å². The molecule has 2 atom stereocenters. The summed E-state index contributed by atoms with van der Waals surface area (Å²) in [6, 6.07) is 6.20. The Morgan fingerprint density at radius 1 is 1.28 bits per heavy atom. The smallest absolute Gasteiger partial charge is 0.265 e. The number of H-pyrrole nitrogens is 1. The number of aryl methyl sites for hydroxylation is 1. The maximum Gasteiger partial charge on any atom is 0.265 e. The molecular weight excluding hydrogens is 312 g/mol. The van der Waals surface area contributed by atoms with Crippen LogP contribution in [0.5, 0.6) is 0 Å². The van der Waals surface area contributed by atoms with Crippen LogP contribution >= 0.6 is 0 Å². The molecule has 4 rings (SSSR count). The van der Waals surface area contributed by atoms with Crippen molar-refractivity contribution < 1.29 is 0 Å². The lowest BCUT2D eigenvalue weighted by atomic mass is 9.82. The molecule has 0 radical (unpaired) electrons. The Hall–Kier alpha value is -2.76. The van der Waals surface area contributed by atoms with Crippen LogP contribution in [-0.4, -0.2) is 26.4 Å². The van der Waals surface area contributed by atoms with Crippen LogP contribution in [0.3, 0.4) is 0 Å². The van der Waals surface area contributed by atoms with Crippen molar-refractivity contribution in [2.45, 2.75) is 33.6 Å². The minimum Gasteiger partial charge on any atom is -0.338 e. The van der Waals surface area contributed by atoms with E-state index in [0.717, 1.165) is 34.9 Å². The van der Waals surface area contributed by atoms with Crippen LogP contribution in [0.4, 0.5) is 5.95 Å². The average Bonchev–Trinajstić information content (AvgIpc) is 2.94. The third kappa shape index (κ3) is 3.12. The van der Waals surface area contributed by atoms with Crippen LogP contribution in [0.1, 0.15) is 32.3 Å². The van der Waals surface area contributed by atoms with Gasteiger partial charge in [-0.25, -0.2) is 5.43 Å². The third-order valence-electron chi connectivity index (χ3n) is 4.91. The number of benzene rings is 1. The number of fused-ring (bicyclic) bond motifs is 3. The molecular formula is C19H22N6. The normalized spacial score (nSPS) is 21.2. The fourth-order valence-corrected chi connectivity index (χ4v) is 3.44. The van der Waals surface area contributed by atoms with Crippen molar-refractivity contribution in [2.75, 3.05) is 5.43 Å². The predicted octanol–water partition coefficient (Wildman–Crippen LogP) is 4.20. The maximum absolute atomic E-state index is 4.49. The fourth-order valence-electron chi connectivity index (χ4n) is 3.44. The van der Waals surface area contributed by atoms with Gasteiger partial charge >= 0.3 is 0 Å². The number of hydrogen-bond donors (Lipinski definition) is 2. The van der Waals surface area contributed by atoms with E-state index in [9.17, 15) is 0 Å². The monoisotopic (exact) mass is 334 g/mol. The summed E-state index contributed by atoms with van der Waals surface area (Å²) < 4.78 is 0. The summed E-state index contributed by atoms with van der Waals surface area (Å²) in [7, 11) is 0. The molecule has 0 amide bonds. The standard InChI is InChI=1S/C19H22N6/c1-11-4-6-14(13(3)8-11)10-20-24-19-22-18-17(23-25-19)15-9-12(2)5-7-16(15)21-18/h4-5,7,9-10,13-14H,6,8H2,1-3H3,(H2,21,22,24,25)/b20-10-/t13-,14-/m0/s1. The Balaban J connectivity index is 1.54. The summed E-state index contributed by atoms with van der Waals surface area (Å²) >= 11 is 0. The largest absolute Gasteiger partial charge is 0.338 e. The summed E-state index contributed by atoms with van der Waals surface area (Å²) in [4.78, 5) is 7.77. The van der Waals surface area contributed by atoms with Crippen LogP contribution in [0.15, 0.2) is 34.9 Å². The number of nitrogens with one attached hydrogen (secondary N) is 2. The Labute approximate surface area is 146 Å². The van der Waals surface area contributed by atoms with E-state index in [4.69, 9.17) is 0 Å². The van der Waals surface area contributed by atoms with Crippen molar-refractivity contribution in [3.63, 3.8) is 0 Å². The minimum atomic E-state index is 0.405. The lowest BCUT2D eigenvalue weighted by Crippen LogP contribution is -2.17. The summed E-state index contributed by atoms with van der Waals surface area (Å²) in [6.07, 6.45) is 6.44. The van der Waals surface area contributed by atoms with Gasteiger partial charge in [0.15, 0.2) is 5.65 Å². The third-order valence-corrected chi connectivity index (χ3v) is 4.91. The van der Waals surface area contributed by atoms with E-state index >= 15 is 0 Å². The zero-order chi connectivity index (χ0) is 17.4. The molecule has 0 aliphatic heterocycles. The highest BCUT2D eigenvalue weighted by Gasteiger charge is 2.18. The van der Waals surface area contributed by atoms with E-state index in [2.05, 4.69) is 69.7 Å². The lowest BCUT2D eigenvalue weighted by Gasteiger charge is -2.24. The molecule has 0 unspecified atom stereocenters. The first kappa shape index (κ1) is 15.7. The maximum atomic E-state index is 4.49. The molecule has 6 heteroatoms. The Morgan fingerprint density at radius 3 is 3.00 bits per heavy atom. The second kappa shape index (κ2) is 6.27. The minimum absolute atomic E-state index is 0.405. The van der Waals surface area contributed by atoms with Crippen LogP contribution in [0, 0.1) is 18.8 Å².